The lowest BCUT2D eigenvalue weighted by atomic mass is 10.2. The molecule has 100 valence electrons. The molecule has 0 bridgehead atoms. The van der Waals surface area contributed by atoms with Crippen molar-refractivity contribution in [3.05, 3.63) is 11.9 Å². The van der Waals surface area contributed by atoms with Gasteiger partial charge in [-0.05, 0) is 32.1 Å². The molecule has 0 spiro atoms. The number of nitrogens with one attached hydrogen (secondary N) is 2. The quantitative estimate of drug-likeness (QED) is 0.315. The number of hydrogen-bond acceptors (Lipinski definition) is 6. The topological polar surface area (TPSA) is 96.1 Å². The molecule has 2 rings (SSSR count). The van der Waals surface area contributed by atoms with Crippen LogP contribution in [0.4, 0.5) is 11.6 Å². The number of anilines is 2. The molecule has 0 saturated heterocycles. The average molecular weight is 251 g/mol. The number of nitrogens with two attached hydrogens (primary N) is 1. The van der Waals surface area contributed by atoms with Gasteiger partial charge < -0.3 is 15.8 Å². The van der Waals surface area contributed by atoms with Gasteiger partial charge in [0.25, 0.3) is 0 Å². The summed E-state index contributed by atoms with van der Waals surface area (Å²) in [6, 6.07) is 1.82. The molecule has 5 N–H and O–H groups in total. The van der Waals surface area contributed by atoms with Gasteiger partial charge >= 0.3 is 0 Å². The van der Waals surface area contributed by atoms with Crippen molar-refractivity contribution in [1.29, 1.82) is 0 Å². The van der Waals surface area contributed by atoms with Crippen LogP contribution in [0.5, 0.6) is 0 Å². The van der Waals surface area contributed by atoms with Crippen LogP contribution < -0.4 is 16.6 Å². The predicted molar refractivity (Wildman–Crippen MR) is 71.2 cm³/mol. The number of aliphatic hydroxyl groups is 1. The largest absolute Gasteiger partial charge is 0.396 e. The molecule has 1 heterocycles. The van der Waals surface area contributed by atoms with Gasteiger partial charge in [0.15, 0.2) is 0 Å². The van der Waals surface area contributed by atoms with Gasteiger partial charge in [0.1, 0.15) is 17.5 Å². The minimum atomic E-state index is 0.264. The van der Waals surface area contributed by atoms with Crippen molar-refractivity contribution >= 4 is 11.6 Å². The fourth-order valence-corrected chi connectivity index (χ4v) is 1.78. The van der Waals surface area contributed by atoms with Gasteiger partial charge in [0, 0.05) is 25.1 Å². The van der Waals surface area contributed by atoms with Crippen LogP contribution in [0.1, 0.15) is 43.8 Å². The van der Waals surface area contributed by atoms with Crippen molar-refractivity contribution in [2.45, 2.75) is 38.0 Å². The van der Waals surface area contributed by atoms with E-state index in [-0.39, 0.29) is 6.61 Å². The van der Waals surface area contributed by atoms with E-state index in [1.165, 1.54) is 12.8 Å². The molecule has 1 saturated carbocycles. The molecule has 1 fully saturated rings. The molecule has 1 aliphatic carbocycles. The Morgan fingerprint density at radius 2 is 2.00 bits per heavy atom. The third kappa shape index (κ3) is 3.82. The molecule has 18 heavy (non-hydrogen) atoms. The van der Waals surface area contributed by atoms with Crippen LogP contribution in [-0.4, -0.2) is 28.2 Å². The third-order valence-corrected chi connectivity index (χ3v) is 2.97. The summed E-state index contributed by atoms with van der Waals surface area (Å²) in [6.07, 6.45) is 5.24. The van der Waals surface area contributed by atoms with Gasteiger partial charge in [0.2, 0.25) is 0 Å². The van der Waals surface area contributed by atoms with Crippen molar-refractivity contribution < 1.29 is 5.11 Å². The average Bonchev–Trinajstić information content (AvgIpc) is 3.22. The summed E-state index contributed by atoms with van der Waals surface area (Å²) in [6.45, 7) is 1.12. The van der Waals surface area contributed by atoms with Gasteiger partial charge in [-0.2, -0.15) is 0 Å². The number of unbranched alkanes of at least 4 members (excludes halogenated alkanes) is 2. The molecule has 0 aromatic carbocycles. The highest BCUT2D eigenvalue weighted by atomic mass is 16.2. The molecule has 0 atom stereocenters. The Kier molecular flexibility index (Phi) is 4.72. The minimum Gasteiger partial charge on any atom is -0.396 e. The van der Waals surface area contributed by atoms with Crippen LogP contribution in [0.25, 0.3) is 0 Å². The Morgan fingerprint density at radius 3 is 2.67 bits per heavy atom. The summed E-state index contributed by atoms with van der Waals surface area (Å²) in [5, 5.41) is 12.0. The second-order valence-electron chi connectivity index (χ2n) is 4.63. The zero-order chi connectivity index (χ0) is 12.8. The number of aliphatic hydroxyl groups excluding tert-OH is 1. The van der Waals surface area contributed by atoms with Crippen molar-refractivity contribution in [3.8, 4) is 0 Å². The lowest BCUT2D eigenvalue weighted by molar-refractivity contribution is 0.283. The van der Waals surface area contributed by atoms with E-state index in [2.05, 4.69) is 20.7 Å². The van der Waals surface area contributed by atoms with E-state index >= 15 is 0 Å². The molecule has 1 aromatic rings. The molecule has 0 unspecified atom stereocenters. The number of nitrogen functional groups attached to an aromatic ring is 1. The normalized spacial score (nSPS) is 14.6. The van der Waals surface area contributed by atoms with E-state index in [4.69, 9.17) is 10.9 Å². The zero-order valence-corrected chi connectivity index (χ0v) is 10.5. The van der Waals surface area contributed by atoms with E-state index in [0.29, 0.717) is 11.7 Å². The molecule has 6 nitrogen and oxygen atoms in total. The summed E-state index contributed by atoms with van der Waals surface area (Å²) < 4.78 is 0. The van der Waals surface area contributed by atoms with E-state index in [0.717, 1.165) is 37.4 Å². The minimum absolute atomic E-state index is 0.264. The van der Waals surface area contributed by atoms with Gasteiger partial charge in [0.05, 0.1) is 0 Å². The van der Waals surface area contributed by atoms with Crippen LogP contribution in [0.2, 0.25) is 0 Å². The van der Waals surface area contributed by atoms with E-state index in [1.807, 2.05) is 6.07 Å². The van der Waals surface area contributed by atoms with E-state index in [9.17, 15) is 0 Å². The standard InChI is InChI=1S/C12H21N5O/c13-17-11-8-10(14-6-2-1-3-7-18)15-12(16-11)9-4-5-9/h8-9,18H,1-7,13H2,(H2,14,15,16,17). The predicted octanol–water partition coefficient (Wildman–Crippen LogP) is 1.21. The van der Waals surface area contributed by atoms with Crippen molar-refractivity contribution in [2.24, 2.45) is 5.84 Å². The molecule has 0 amide bonds. The van der Waals surface area contributed by atoms with Crippen molar-refractivity contribution in [2.75, 3.05) is 23.9 Å². The SMILES string of the molecule is NNc1cc(NCCCCCO)nc(C2CC2)n1. The maximum Gasteiger partial charge on any atom is 0.145 e. The van der Waals surface area contributed by atoms with E-state index in [1.54, 1.807) is 0 Å². The molecule has 1 aliphatic rings. The first-order valence-electron chi connectivity index (χ1n) is 6.54. The summed E-state index contributed by atoms with van der Waals surface area (Å²) in [5.41, 5.74) is 2.58. The zero-order valence-electron chi connectivity index (χ0n) is 10.5. The molecule has 6 heteroatoms. The lowest BCUT2D eigenvalue weighted by Gasteiger charge is -2.09. The smallest absolute Gasteiger partial charge is 0.145 e. The molecular weight excluding hydrogens is 230 g/mol. The molecule has 1 aromatic heterocycles. The fourth-order valence-electron chi connectivity index (χ4n) is 1.78. The Bertz CT molecular complexity index is 381. The van der Waals surface area contributed by atoms with Crippen LogP contribution in [0.15, 0.2) is 6.07 Å². The first kappa shape index (κ1) is 13.0. The summed E-state index contributed by atoms with van der Waals surface area (Å²) in [5.74, 6) is 8.27. The summed E-state index contributed by atoms with van der Waals surface area (Å²) in [4.78, 5) is 8.85. The van der Waals surface area contributed by atoms with E-state index < -0.39 is 0 Å². The number of hydrazine groups is 1. The summed E-state index contributed by atoms with van der Waals surface area (Å²) >= 11 is 0. The maximum atomic E-state index is 8.69. The van der Waals surface area contributed by atoms with Gasteiger partial charge in [-0.3, -0.25) is 0 Å². The third-order valence-electron chi connectivity index (χ3n) is 2.97. The summed E-state index contributed by atoms with van der Waals surface area (Å²) in [7, 11) is 0. The lowest BCUT2D eigenvalue weighted by Crippen LogP contribution is -2.12. The second kappa shape index (κ2) is 6.51. The number of nitrogens with zero attached hydrogens (tertiary/aromatic N) is 2. The van der Waals surface area contributed by atoms with Crippen molar-refractivity contribution in [3.63, 3.8) is 0 Å². The Morgan fingerprint density at radius 1 is 1.22 bits per heavy atom. The highest BCUT2D eigenvalue weighted by molar-refractivity contribution is 5.47. The molecule has 0 aliphatic heterocycles. The molecule has 0 radical (unpaired) electrons. The van der Waals surface area contributed by atoms with Crippen LogP contribution in [0, 0.1) is 0 Å². The Hall–Kier alpha value is -1.40. The van der Waals surface area contributed by atoms with Gasteiger partial charge in [-0.25, -0.2) is 15.8 Å². The van der Waals surface area contributed by atoms with Crippen LogP contribution in [-0.2, 0) is 0 Å². The molecular formula is C12H21N5O. The van der Waals surface area contributed by atoms with Gasteiger partial charge in [-0.1, -0.05) is 0 Å². The highest BCUT2D eigenvalue weighted by Crippen LogP contribution is 2.38. The fraction of sp³-hybridized carbons (Fsp3) is 0.667. The second-order valence-corrected chi connectivity index (χ2v) is 4.63. The van der Waals surface area contributed by atoms with Crippen molar-refractivity contribution in [1.82, 2.24) is 9.97 Å². The highest BCUT2D eigenvalue weighted by Gasteiger charge is 2.27. The Labute approximate surface area is 107 Å². The van der Waals surface area contributed by atoms with Crippen LogP contribution >= 0.6 is 0 Å². The first-order valence-corrected chi connectivity index (χ1v) is 6.54. The number of hydrogen-bond donors (Lipinski definition) is 4. The number of aromatic nitrogens is 2. The maximum absolute atomic E-state index is 8.69. The van der Waals surface area contributed by atoms with Crippen LogP contribution in [0.3, 0.4) is 0 Å². The Balaban J connectivity index is 1.88. The monoisotopic (exact) mass is 251 g/mol. The first-order chi connectivity index (χ1) is 8.83. The number of rotatable bonds is 8. The van der Waals surface area contributed by atoms with Gasteiger partial charge in [-0.15, -0.1) is 0 Å².